The minimum atomic E-state index is -0.128. The summed E-state index contributed by atoms with van der Waals surface area (Å²) in [7, 11) is 3.17. The molecule has 0 amide bonds. The van der Waals surface area contributed by atoms with Crippen LogP contribution in [0.5, 0.6) is 23.0 Å². The average molecular weight is 458 g/mol. The zero-order valence-electron chi connectivity index (χ0n) is 18.3. The Morgan fingerprint density at radius 1 is 1.09 bits per heavy atom. The topological polar surface area (TPSA) is 66.5 Å². The van der Waals surface area contributed by atoms with Crippen LogP contribution < -0.4 is 18.9 Å². The molecule has 32 heavy (non-hydrogen) atoms. The van der Waals surface area contributed by atoms with Crippen molar-refractivity contribution < 1.29 is 28.5 Å². The summed E-state index contributed by atoms with van der Waals surface area (Å²) in [4.78, 5) is 16.3. The van der Waals surface area contributed by atoms with Crippen molar-refractivity contribution in [1.82, 2.24) is 4.90 Å². The van der Waals surface area contributed by atoms with E-state index < -0.39 is 0 Å². The molecule has 1 saturated heterocycles. The van der Waals surface area contributed by atoms with Crippen LogP contribution in [0.1, 0.15) is 15.9 Å². The van der Waals surface area contributed by atoms with Gasteiger partial charge in [0.25, 0.3) is 0 Å². The highest BCUT2D eigenvalue weighted by molar-refractivity contribution is 7.99. The number of nitrogens with zero attached hydrogens (tertiary/aromatic N) is 1. The molecule has 2 aliphatic rings. The lowest BCUT2D eigenvalue weighted by molar-refractivity contribution is 0.0322. The van der Waals surface area contributed by atoms with Crippen LogP contribution >= 0.6 is 11.8 Å². The quantitative estimate of drug-likeness (QED) is 0.417. The first-order valence-corrected chi connectivity index (χ1v) is 11.5. The molecule has 0 bridgehead atoms. The highest BCUT2D eigenvalue weighted by Crippen LogP contribution is 2.41. The molecule has 0 spiro atoms. The molecule has 7 nitrogen and oxygen atoms in total. The lowest BCUT2D eigenvalue weighted by Crippen LogP contribution is -2.38. The predicted molar refractivity (Wildman–Crippen MR) is 123 cm³/mol. The number of carbonyl (C=O) groups is 1. The van der Waals surface area contributed by atoms with E-state index in [4.69, 9.17) is 23.7 Å². The molecule has 4 rings (SSSR count). The Morgan fingerprint density at radius 3 is 2.69 bits per heavy atom. The lowest BCUT2D eigenvalue weighted by atomic mass is 10.1. The maximum Gasteiger partial charge on any atom is 0.189 e. The van der Waals surface area contributed by atoms with Crippen molar-refractivity contribution in [1.29, 1.82) is 0 Å². The van der Waals surface area contributed by atoms with E-state index in [2.05, 4.69) is 4.90 Å². The van der Waals surface area contributed by atoms with Crippen molar-refractivity contribution in [3.05, 3.63) is 47.5 Å². The number of rotatable bonds is 9. The van der Waals surface area contributed by atoms with Gasteiger partial charge in [0.05, 0.1) is 37.9 Å². The number of fused-ring (bicyclic) bond motifs is 1. The van der Waals surface area contributed by atoms with Gasteiger partial charge in [-0.1, -0.05) is 23.9 Å². The molecular formula is C24H27NO6S. The molecule has 2 heterocycles. The SMILES string of the molecule is COc1ccc(/C=C/C(=O)c2cc3c(cc2OCCN2CCOCC2)OCS3)cc1OC. The molecular weight excluding hydrogens is 430 g/mol. The Balaban J connectivity index is 1.49. The third kappa shape index (κ3) is 5.38. The van der Waals surface area contributed by atoms with Crippen LogP contribution in [0.25, 0.3) is 6.08 Å². The maximum atomic E-state index is 13.1. The summed E-state index contributed by atoms with van der Waals surface area (Å²) in [6.07, 6.45) is 3.32. The van der Waals surface area contributed by atoms with Crippen molar-refractivity contribution in [2.75, 3.05) is 59.6 Å². The van der Waals surface area contributed by atoms with Gasteiger partial charge in [-0.2, -0.15) is 0 Å². The molecule has 2 aliphatic heterocycles. The minimum absolute atomic E-state index is 0.128. The molecule has 8 heteroatoms. The number of morpholine rings is 1. The Kier molecular flexibility index (Phi) is 7.57. The number of benzene rings is 2. The number of thioether (sulfide) groups is 1. The van der Waals surface area contributed by atoms with Gasteiger partial charge in [0.2, 0.25) is 0 Å². The molecule has 0 saturated carbocycles. The summed E-state index contributed by atoms with van der Waals surface area (Å²) >= 11 is 1.57. The number of allylic oxidation sites excluding steroid dienone is 1. The van der Waals surface area contributed by atoms with E-state index in [-0.39, 0.29) is 5.78 Å². The third-order valence-electron chi connectivity index (χ3n) is 5.34. The monoisotopic (exact) mass is 457 g/mol. The van der Waals surface area contributed by atoms with E-state index in [0.717, 1.165) is 49.1 Å². The van der Waals surface area contributed by atoms with Gasteiger partial charge in [0.1, 0.15) is 24.0 Å². The fraction of sp³-hybridized carbons (Fsp3) is 0.375. The van der Waals surface area contributed by atoms with Crippen LogP contribution in [0.15, 0.2) is 41.3 Å². The number of carbonyl (C=O) groups excluding carboxylic acids is 1. The second-order valence-electron chi connectivity index (χ2n) is 7.32. The highest BCUT2D eigenvalue weighted by atomic mass is 32.2. The fourth-order valence-corrected chi connectivity index (χ4v) is 4.34. The fourth-order valence-electron chi connectivity index (χ4n) is 3.56. The second-order valence-corrected chi connectivity index (χ2v) is 8.28. The van der Waals surface area contributed by atoms with Gasteiger partial charge < -0.3 is 23.7 Å². The largest absolute Gasteiger partial charge is 0.493 e. The average Bonchev–Trinajstić information content (AvgIpc) is 3.30. The van der Waals surface area contributed by atoms with Crippen molar-refractivity contribution in [2.24, 2.45) is 0 Å². The van der Waals surface area contributed by atoms with Gasteiger partial charge in [-0.05, 0) is 29.8 Å². The standard InChI is InChI=1S/C24H27NO6S/c1-27-20-6-4-17(13-22(20)28-2)3-5-19(26)18-14-24-23(31-16-32-24)15-21(18)30-12-9-25-7-10-29-11-8-25/h3-6,13-15H,7-12,16H2,1-2H3/b5-3+. The summed E-state index contributed by atoms with van der Waals surface area (Å²) in [5.41, 5.74) is 1.37. The number of ether oxygens (including phenoxy) is 5. The van der Waals surface area contributed by atoms with Crippen LogP contribution in [0.3, 0.4) is 0 Å². The van der Waals surface area contributed by atoms with E-state index in [1.54, 1.807) is 38.1 Å². The smallest absolute Gasteiger partial charge is 0.189 e. The Bertz CT molecular complexity index is 987. The first-order chi connectivity index (χ1) is 15.7. The van der Waals surface area contributed by atoms with Crippen LogP contribution in [0.4, 0.5) is 0 Å². The maximum absolute atomic E-state index is 13.1. The molecule has 0 unspecified atom stereocenters. The number of methoxy groups -OCH3 is 2. The predicted octanol–water partition coefficient (Wildman–Crippen LogP) is 3.75. The first-order valence-electron chi connectivity index (χ1n) is 10.5. The molecule has 170 valence electrons. The Labute approximate surface area is 192 Å². The van der Waals surface area contributed by atoms with Gasteiger partial charge in [-0.25, -0.2) is 0 Å². The molecule has 0 aromatic heterocycles. The van der Waals surface area contributed by atoms with Crippen molar-refractivity contribution in [3.8, 4) is 23.0 Å². The third-order valence-corrected chi connectivity index (χ3v) is 6.21. The molecule has 0 atom stereocenters. The van der Waals surface area contributed by atoms with Crippen molar-refractivity contribution >= 4 is 23.6 Å². The summed E-state index contributed by atoms with van der Waals surface area (Å²) < 4.78 is 27.7. The van der Waals surface area contributed by atoms with Crippen LogP contribution in [0, 0.1) is 0 Å². The number of hydrogen-bond donors (Lipinski definition) is 0. The molecule has 0 N–H and O–H groups in total. The zero-order chi connectivity index (χ0) is 22.3. The summed E-state index contributed by atoms with van der Waals surface area (Å²) in [6, 6.07) is 9.20. The summed E-state index contributed by atoms with van der Waals surface area (Å²) in [5.74, 6) is 2.97. The zero-order valence-corrected chi connectivity index (χ0v) is 19.1. The molecule has 1 fully saturated rings. The van der Waals surface area contributed by atoms with E-state index in [0.29, 0.717) is 35.4 Å². The van der Waals surface area contributed by atoms with Crippen LogP contribution in [-0.2, 0) is 4.74 Å². The molecule has 2 aromatic rings. The van der Waals surface area contributed by atoms with Gasteiger partial charge in [0, 0.05) is 25.7 Å². The van der Waals surface area contributed by atoms with Crippen LogP contribution in [0.2, 0.25) is 0 Å². The highest BCUT2D eigenvalue weighted by Gasteiger charge is 2.21. The normalized spacial score (nSPS) is 15.9. The number of hydrogen-bond acceptors (Lipinski definition) is 8. The van der Waals surface area contributed by atoms with Crippen molar-refractivity contribution in [3.63, 3.8) is 0 Å². The van der Waals surface area contributed by atoms with Gasteiger partial charge >= 0.3 is 0 Å². The van der Waals surface area contributed by atoms with Gasteiger partial charge in [-0.15, -0.1) is 0 Å². The minimum Gasteiger partial charge on any atom is -0.493 e. The van der Waals surface area contributed by atoms with Gasteiger partial charge in [-0.3, -0.25) is 9.69 Å². The lowest BCUT2D eigenvalue weighted by Gasteiger charge is -2.26. The Hall–Kier alpha value is -2.68. The van der Waals surface area contributed by atoms with E-state index >= 15 is 0 Å². The summed E-state index contributed by atoms with van der Waals surface area (Å²) in [6.45, 7) is 4.56. The number of ketones is 1. The van der Waals surface area contributed by atoms with Gasteiger partial charge in [0.15, 0.2) is 17.3 Å². The van der Waals surface area contributed by atoms with E-state index in [1.807, 2.05) is 30.3 Å². The first kappa shape index (κ1) is 22.5. The molecule has 0 aliphatic carbocycles. The second kappa shape index (κ2) is 10.8. The summed E-state index contributed by atoms with van der Waals surface area (Å²) in [5, 5.41) is 0. The molecule has 2 aromatic carbocycles. The Morgan fingerprint density at radius 2 is 1.91 bits per heavy atom. The van der Waals surface area contributed by atoms with Crippen molar-refractivity contribution in [2.45, 2.75) is 4.90 Å². The molecule has 0 radical (unpaired) electrons. The van der Waals surface area contributed by atoms with E-state index in [1.165, 1.54) is 0 Å². The van der Waals surface area contributed by atoms with Crippen LogP contribution in [-0.4, -0.2) is 70.3 Å². The van der Waals surface area contributed by atoms with E-state index in [9.17, 15) is 4.79 Å².